The molecule has 0 bridgehead atoms. The van der Waals surface area contributed by atoms with Gasteiger partial charge in [-0.25, -0.2) is 4.79 Å². The van der Waals surface area contributed by atoms with E-state index in [1.165, 1.54) is 0 Å². The summed E-state index contributed by atoms with van der Waals surface area (Å²) in [5.74, 6) is 0. The van der Waals surface area contributed by atoms with Gasteiger partial charge in [0.15, 0.2) is 0 Å². The maximum Gasteiger partial charge on any atom is 0.410 e. The van der Waals surface area contributed by atoms with Crippen LogP contribution in [-0.4, -0.2) is 48.9 Å². The lowest BCUT2D eigenvalue weighted by Gasteiger charge is -2.35. The molecule has 0 aromatic carbocycles. The minimum absolute atomic E-state index is 0. The lowest BCUT2D eigenvalue weighted by Crippen LogP contribution is -2.53. The van der Waals surface area contributed by atoms with Gasteiger partial charge in [-0.05, 0) is 20.8 Å². The van der Waals surface area contributed by atoms with Gasteiger partial charge in [0.2, 0.25) is 0 Å². The summed E-state index contributed by atoms with van der Waals surface area (Å²) in [6.07, 6.45) is -0.304. The van der Waals surface area contributed by atoms with Crippen LogP contribution in [0.15, 0.2) is 0 Å². The van der Waals surface area contributed by atoms with Crippen molar-refractivity contribution >= 4 is 18.5 Å². The van der Waals surface area contributed by atoms with E-state index in [0.717, 1.165) is 0 Å². The predicted molar refractivity (Wildman–Crippen MR) is 63.8 cm³/mol. The Balaban J connectivity index is 0.00000225. The third-order valence-corrected chi connectivity index (χ3v) is 2.13. The molecule has 0 aliphatic carbocycles. The van der Waals surface area contributed by atoms with Crippen LogP contribution in [0.5, 0.6) is 0 Å². The highest BCUT2D eigenvalue weighted by Crippen LogP contribution is 2.13. The van der Waals surface area contributed by atoms with Crippen LogP contribution in [0.1, 0.15) is 20.8 Å². The minimum Gasteiger partial charge on any atom is -0.444 e. The number of carbonyl (C=O) groups is 1. The number of hydrogen-bond acceptors (Lipinski definition) is 4. The number of hydrogen-bond donors (Lipinski definition) is 1. The van der Waals surface area contributed by atoms with Crippen LogP contribution in [0.3, 0.4) is 0 Å². The fraction of sp³-hybridized carbons (Fsp3) is 0.900. The molecule has 1 aliphatic rings. The summed E-state index contributed by atoms with van der Waals surface area (Å²) in [6, 6.07) is -0.0615. The topological polar surface area (TPSA) is 64.8 Å². The van der Waals surface area contributed by atoms with Crippen LogP contribution >= 0.6 is 12.4 Å². The Morgan fingerprint density at radius 2 is 2.19 bits per heavy atom. The van der Waals surface area contributed by atoms with E-state index < -0.39 is 5.60 Å². The van der Waals surface area contributed by atoms with Gasteiger partial charge in [0.1, 0.15) is 5.60 Å². The molecule has 2 N–H and O–H groups in total. The number of ether oxygens (including phenoxy) is 2. The van der Waals surface area contributed by atoms with Gasteiger partial charge in [-0.15, -0.1) is 12.4 Å². The molecular weight excluding hydrogens is 232 g/mol. The summed E-state index contributed by atoms with van der Waals surface area (Å²) < 4.78 is 10.5. The van der Waals surface area contributed by atoms with E-state index in [1.54, 1.807) is 4.90 Å². The van der Waals surface area contributed by atoms with Gasteiger partial charge in [0.05, 0.1) is 19.3 Å². The molecule has 96 valence electrons. The van der Waals surface area contributed by atoms with Gasteiger partial charge in [-0.1, -0.05) is 0 Å². The molecule has 5 nitrogen and oxygen atoms in total. The first-order valence-electron chi connectivity index (χ1n) is 5.21. The lowest BCUT2D eigenvalue weighted by atomic mass is 10.2. The molecule has 1 fully saturated rings. The molecule has 6 heteroatoms. The molecule has 1 rings (SSSR count). The number of morpholine rings is 1. The first kappa shape index (κ1) is 15.5. The van der Waals surface area contributed by atoms with E-state index >= 15 is 0 Å². The summed E-state index contributed by atoms with van der Waals surface area (Å²) in [4.78, 5) is 13.4. The number of nitrogens with two attached hydrogens (primary N) is 1. The molecule has 0 aromatic rings. The summed E-state index contributed by atoms with van der Waals surface area (Å²) >= 11 is 0. The molecule has 1 amide bonds. The molecule has 1 unspecified atom stereocenters. The average Bonchev–Trinajstić information content (AvgIpc) is 2.15. The Hall–Kier alpha value is -0.520. The average molecular weight is 253 g/mol. The van der Waals surface area contributed by atoms with Crippen molar-refractivity contribution in [2.24, 2.45) is 5.73 Å². The third kappa shape index (κ3) is 4.55. The number of halogens is 1. The lowest BCUT2D eigenvalue weighted by molar-refractivity contribution is -0.0299. The zero-order valence-corrected chi connectivity index (χ0v) is 10.9. The standard InChI is InChI=1S/C10H20N2O3.ClH/c1-10(2,3)15-9(13)12-4-5-14-7-8(12)6-11;/h8H,4-7,11H2,1-3H3;1H. The van der Waals surface area contributed by atoms with Gasteiger partial charge >= 0.3 is 6.09 Å². The van der Waals surface area contributed by atoms with Crippen LogP contribution in [0.2, 0.25) is 0 Å². The second-order valence-corrected chi connectivity index (χ2v) is 4.64. The van der Waals surface area contributed by atoms with Gasteiger partial charge < -0.3 is 15.2 Å². The molecule has 1 aliphatic heterocycles. The van der Waals surface area contributed by atoms with Gasteiger partial charge in [0, 0.05) is 13.1 Å². The Bertz CT molecular complexity index is 231. The molecule has 0 radical (unpaired) electrons. The number of amides is 1. The first-order valence-corrected chi connectivity index (χ1v) is 5.21. The number of rotatable bonds is 1. The monoisotopic (exact) mass is 252 g/mol. The van der Waals surface area contributed by atoms with Gasteiger partial charge in [0.25, 0.3) is 0 Å². The third-order valence-electron chi connectivity index (χ3n) is 2.13. The Labute approximate surface area is 103 Å². The Kier molecular flexibility index (Phi) is 6.07. The van der Waals surface area contributed by atoms with Crippen LogP contribution in [-0.2, 0) is 9.47 Å². The summed E-state index contributed by atoms with van der Waals surface area (Å²) in [5, 5.41) is 0. The first-order chi connectivity index (χ1) is 6.94. The van der Waals surface area contributed by atoms with Crippen LogP contribution in [0, 0.1) is 0 Å². The molecular formula is C10H21ClN2O3. The van der Waals surface area contributed by atoms with Gasteiger partial charge in [-0.3, -0.25) is 4.90 Å². The Morgan fingerprint density at radius 3 is 2.69 bits per heavy atom. The van der Waals surface area contributed by atoms with Crippen LogP contribution in [0.25, 0.3) is 0 Å². The van der Waals surface area contributed by atoms with Crippen molar-refractivity contribution in [2.75, 3.05) is 26.3 Å². The molecule has 0 aromatic heterocycles. The van der Waals surface area contributed by atoms with Gasteiger partial charge in [-0.2, -0.15) is 0 Å². The van der Waals surface area contributed by atoms with Crippen LogP contribution < -0.4 is 5.73 Å². The second-order valence-electron chi connectivity index (χ2n) is 4.64. The van der Waals surface area contributed by atoms with Crippen molar-refractivity contribution in [3.05, 3.63) is 0 Å². The number of nitrogens with zero attached hydrogens (tertiary/aromatic N) is 1. The maximum atomic E-state index is 11.8. The summed E-state index contributed by atoms with van der Waals surface area (Å²) in [7, 11) is 0. The van der Waals surface area contributed by atoms with E-state index in [1.807, 2.05) is 20.8 Å². The van der Waals surface area contributed by atoms with E-state index in [-0.39, 0.29) is 24.5 Å². The molecule has 1 heterocycles. The van der Waals surface area contributed by atoms with Crippen molar-refractivity contribution in [1.29, 1.82) is 0 Å². The summed E-state index contributed by atoms with van der Waals surface area (Å²) in [5.41, 5.74) is 5.10. The normalized spacial score (nSPS) is 21.2. The maximum absolute atomic E-state index is 11.8. The molecule has 1 atom stereocenters. The van der Waals surface area contributed by atoms with E-state index in [2.05, 4.69) is 0 Å². The largest absolute Gasteiger partial charge is 0.444 e. The second kappa shape index (κ2) is 6.27. The highest BCUT2D eigenvalue weighted by molar-refractivity contribution is 5.85. The van der Waals surface area contributed by atoms with Crippen molar-refractivity contribution < 1.29 is 14.3 Å². The Morgan fingerprint density at radius 1 is 1.56 bits per heavy atom. The van der Waals surface area contributed by atoms with E-state index in [0.29, 0.717) is 26.3 Å². The molecule has 0 spiro atoms. The van der Waals surface area contributed by atoms with Crippen molar-refractivity contribution in [2.45, 2.75) is 32.4 Å². The minimum atomic E-state index is -0.464. The van der Waals surface area contributed by atoms with Crippen molar-refractivity contribution in [3.63, 3.8) is 0 Å². The van der Waals surface area contributed by atoms with E-state index in [4.69, 9.17) is 15.2 Å². The quantitative estimate of drug-likeness (QED) is 0.756. The zero-order valence-electron chi connectivity index (χ0n) is 10.1. The predicted octanol–water partition coefficient (Wildman–Crippen LogP) is 1.00. The fourth-order valence-electron chi connectivity index (χ4n) is 1.41. The smallest absolute Gasteiger partial charge is 0.410 e. The van der Waals surface area contributed by atoms with E-state index in [9.17, 15) is 4.79 Å². The molecule has 0 saturated carbocycles. The zero-order chi connectivity index (χ0) is 11.5. The highest BCUT2D eigenvalue weighted by atomic mass is 35.5. The van der Waals surface area contributed by atoms with Crippen molar-refractivity contribution in [1.82, 2.24) is 4.90 Å². The molecule has 16 heavy (non-hydrogen) atoms. The van der Waals surface area contributed by atoms with Crippen molar-refractivity contribution in [3.8, 4) is 0 Å². The molecule has 1 saturated heterocycles. The van der Waals surface area contributed by atoms with Crippen LogP contribution in [0.4, 0.5) is 4.79 Å². The number of carbonyl (C=O) groups excluding carboxylic acids is 1. The fourth-order valence-corrected chi connectivity index (χ4v) is 1.41. The SMILES string of the molecule is CC(C)(C)OC(=O)N1CCOCC1CN.Cl. The highest BCUT2D eigenvalue weighted by Gasteiger charge is 2.29. The summed E-state index contributed by atoms with van der Waals surface area (Å²) in [6.45, 7) is 7.55.